The molecule has 0 radical (unpaired) electrons. The van der Waals surface area contributed by atoms with Crippen molar-refractivity contribution in [1.29, 1.82) is 0 Å². The first-order valence-electron chi connectivity index (χ1n) is 7.24. The minimum atomic E-state index is 0.764. The smallest absolute Gasteiger partial charge is 0.0206 e. The van der Waals surface area contributed by atoms with Crippen LogP contribution in [0.2, 0.25) is 0 Å². The van der Waals surface area contributed by atoms with Gasteiger partial charge in [0.05, 0.1) is 0 Å². The summed E-state index contributed by atoms with van der Waals surface area (Å²) in [6, 6.07) is 11.4. The predicted molar refractivity (Wildman–Crippen MR) is 77.6 cm³/mol. The van der Waals surface area contributed by atoms with E-state index in [2.05, 4.69) is 54.4 Å². The molecule has 1 aliphatic rings. The molecule has 0 amide bonds. The molecular weight excluding hydrogens is 220 g/mol. The maximum atomic E-state index is 3.54. The molecule has 2 nitrogen and oxygen atoms in total. The largest absolute Gasteiger partial charge is 0.311 e. The average molecular weight is 246 g/mol. The van der Waals surface area contributed by atoms with Crippen LogP contribution in [0.25, 0.3) is 0 Å². The first-order valence-corrected chi connectivity index (χ1v) is 7.24. The predicted octanol–water partition coefficient (Wildman–Crippen LogP) is 2.90. The summed E-state index contributed by atoms with van der Waals surface area (Å²) in [5.41, 5.74) is 1.37. The van der Waals surface area contributed by atoms with E-state index in [1.165, 1.54) is 31.5 Å². The van der Waals surface area contributed by atoms with E-state index >= 15 is 0 Å². The van der Waals surface area contributed by atoms with E-state index in [4.69, 9.17) is 0 Å². The Morgan fingerprint density at radius 1 is 1.17 bits per heavy atom. The van der Waals surface area contributed by atoms with Gasteiger partial charge in [0.15, 0.2) is 0 Å². The lowest BCUT2D eigenvalue weighted by atomic mass is 9.95. The topological polar surface area (TPSA) is 15.3 Å². The summed E-state index contributed by atoms with van der Waals surface area (Å²) < 4.78 is 0. The molecule has 1 fully saturated rings. The number of nitrogens with zero attached hydrogens (tertiary/aromatic N) is 1. The molecule has 0 spiro atoms. The van der Waals surface area contributed by atoms with Crippen LogP contribution >= 0.6 is 0 Å². The standard InChI is InChI=1S/C16H26N2/c1-14-8-9-15(2)18(13-14)11-10-17-12-16-6-4-3-5-7-16/h3-7,14-15,17H,8-13H2,1-2H3. The van der Waals surface area contributed by atoms with Crippen molar-refractivity contribution < 1.29 is 0 Å². The van der Waals surface area contributed by atoms with Crippen molar-refractivity contribution in [1.82, 2.24) is 10.2 Å². The molecule has 0 aliphatic carbocycles. The third-order valence-corrected chi connectivity index (χ3v) is 3.99. The first kappa shape index (κ1) is 13.6. The molecule has 0 aromatic heterocycles. The van der Waals surface area contributed by atoms with Gasteiger partial charge >= 0.3 is 0 Å². The van der Waals surface area contributed by atoms with Gasteiger partial charge in [-0.2, -0.15) is 0 Å². The van der Waals surface area contributed by atoms with E-state index in [1.807, 2.05) is 0 Å². The first-order chi connectivity index (χ1) is 8.75. The second-order valence-corrected chi connectivity index (χ2v) is 5.69. The minimum Gasteiger partial charge on any atom is -0.311 e. The molecule has 0 saturated carbocycles. The van der Waals surface area contributed by atoms with Crippen LogP contribution in [0.5, 0.6) is 0 Å². The summed E-state index contributed by atoms with van der Waals surface area (Å²) in [5, 5.41) is 3.54. The highest BCUT2D eigenvalue weighted by Gasteiger charge is 2.21. The van der Waals surface area contributed by atoms with Gasteiger partial charge in [0.25, 0.3) is 0 Å². The van der Waals surface area contributed by atoms with Crippen molar-refractivity contribution in [3.05, 3.63) is 35.9 Å². The summed E-state index contributed by atoms with van der Waals surface area (Å²) in [5.74, 6) is 0.871. The van der Waals surface area contributed by atoms with Crippen molar-refractivity contribution >= 4 is 0 Å². The Morgan fingerprint density at radius 2 is 1.94 bits per heavy atom. The second kappa shape index (κ2) is 6.91. The number of piperidine rings is 1. The molecule has 1 aliphatic heterocycles. The van der Waals surface area contributed by atoms with Crippen LogP contribution in [-0.2, 0) is 6.54 Å². The number of hydrogen-bond donors (Lipinski definition) is 1. The second-order valence-electron chi connectivity index (χ2n) is 5.69. The lowest BCUT2D eigenvalue weighted by Crippen LogP contribution is -2.44. The molecule has 0 bridgehead atoms. The van der Waals surface area contributed by atoms with Gasteiger partial charge in [0.1, 0.15) is 0 Å². The fraction of sp³-hybridized carbons (Fsp3) is 0.625. The van der Waals surface area contributed by atoms with Gasteiger partial charge in [-0.25, -0.2) is 0 Å². The summed E-state index contributed by atoms with van der Waals surface area (Å²) in [4.78, 5) is 2.63. The van der Waals surface area contributed by atoms with E-state index in [9.17, 15) is 0 Å². The molecule has 1 saturated heterocycles. The Morgan fingerprint density at radius 3 is 2.72 bits per heavy atom. The summed E-state index contributed by atoms with van der Waals surface area (Å²) in [7, 11) is 0. The summed E-state index contributed by atoms with van der Waals surface area (Å²) in [6.45, 7) is 9.26. The van der Waals surface area contributed by atoms with Crippen molar-refractivity contribution in [2.45, 2.75) is 39.3 Å². The normalized spacial score (nSPS) is 25.2. The van der Waals surface area contributed by atoms with Gasteiger partial charge in [0, 0.05) is 32.2 Å². The lowest BCUT2D eigenvalue weighted by Gasteiger charge is -2.36. The molecule has 1 aromatic rings. The van der Waals surface area contributed by atoms with Gasteiger partial charge in [-0.1, -0.05) is 37.3 Å². The maximum absolute atomic E-state index is 3.54. The minimum absolute atomic E-state index is 0.764. The highest BCUT2D eigenvalue weighted by molar-refractivity contribution is 5.14. The zero-order valence-electron chi connectivity index (χ0n) is 11.7. The average Bonchev–Trinajstić information content (AvgIpc) is 2.40. The van der Waals surface area contributed by atoms with Crippen molar-refractivity contribution in [2.24, 2.45) is 5.92 Å². The highest BCUT2D eigenvalue weighted by atomic mass is 15.2. The zero-order chi connectivity index (χ0) is 12.8. The van der Waals surface area contributed by atoms with Gasteiger partial charge in [-0.15, -0.1) is 0 Å². The zero-order valence-corrected chi connectivity index (χ0v) is 11.7. The number of benzene rings is 1. The molecule has 2 heteroatoms. The summed E-state index contributed by atoms with van der Waals surface area (Å²) >= 11 is 0. The number of nitrogens with one attached hydrogen (secondary N) is 1. The Hall–Kier alpha value is -0.860. The van der Waals surface area contributed by atoms with Crippen molar-refractivity contribution in [3.8, 4) is 0 Å². The van der Waals surface area contributed by atoms with Crippen LogP contribution in [0.4, 0.5) is 0 Å². The van der Waals surface area contributed by atoms with Crippen LogP contribution in [0.1, 0.15) is 32.3 Å². The summed E-state index contributed by atoms with van der Waals surface area (Å²) in [6.07, 6.45) is 2.76. The monoisotopic (exact) mass is 246 g/mol. The fourth-order valence-corrected chi connectivity index (χ4v) is 2.74. The van der Waals surface area contributed by atoms with E-state index in [-0.39, 0.29) is 0 Å². The van der Waals surface area contributed by atoms with Crippen LogP contribution in [0.3, 0.4) is 0 Å². The molecule has 100 valence electrons. The van der Waals surface area contributed by atoms with Crippen molar-refractivity contribution in [3.63, 3.8) is 0 Å². The molecule has 2 rings (SSSR count). The molecule has 2 unspecified atom stereocenters. The lowest BCUT2D eigenvalue weighted by molar-refractivity contribution is 0.126. The molecule has 2 atom stereocenters. The van der Waals surface area contributed by atoms with E-state index in [0.29, 0.717) is 0 Å². The van der Waals surface area contributed by atoms with Crippen molar-refractivity contribution in [2.75, 3.05) is 19.6 Å². The van der Waals surface area contributed by atoms with Gasteiger partial charge in [-0.3, -0.25) is 4.90 Å². The van der Waals surface area contributed by atoms with Gasteiger partial charge < -0.3 is 5.32 Å². The molecule has 1 aromatic carbocycles. The molecule has 1 heterocycles. The molecular formula is C16H26N2. The van der Waals surface area contributed by atoms with E-state index in [1.54, 1.807) is 0 Å². The Balaban J connectivity index is 1.66. The highest BCUT2D eigenvalue weighted by Crippen LogP contribution is 2.20. The Kier molecular flexibility index (Phi) is 5.21. The molecule has 18 heavy (non-hydrogen) atoms. The number of likely N-dealkylation sites (tertiary alicyclic amines) is 1. The number of hydrogen-bond acceptors (Lipinski definition) is 2. The molecule has 1 N–H and O–H groups in total. The Labute approximate surface area is 111 Å². The third-order valence-electron chi connectivity index (χ3n) is 3.99. The van der Waals surface area contributed by atoms with E-state index < -0.39 is 0 Å². The van der Waals surface area contributed by atoms with Crippen LogP contribution in [0.15, 0.2) is 30.3 Å². The van der Waals surface area contributed by atoms with Crippen LogP contribution in [-0.4, -0.2) is 30.6 Å². The van der Waals surface area contributed by atoms with Gasteiger partial charge in [-0.05, 0) is 31.2 Å². The quantitative estimate of drug-likeness (QED) is 0.804. The SMILES string of the molecule is CC1CCC(C)N(CCNCc2ccccc2)C1. The fourth-order valence-electron chi connectivity index (χ4n) is 2.74. The van der Waals surface area contributed by atoms with E-state index in [0.717, 1.165) is 25.0 Å². The third kappa shape index (κ3) is 4.11. The van der Waals surface area contributed by atoms with Gasteiger partial charge in [0.2, 0.25) is 0 Å². The maximum Gasteiger partial charge on any atom is 0.0206 e. The Bertz CT molecular complexity index is 336. The van der Waals surface area contributed by atoms with Crippen LogP contribution < -0.4 is 5.32 Å². The number of rotatable bonds is 5. The van der Waals surface area contributed by atoms with Crippen LogP contribution in [0, 0.1) is 5.92 Å².